The zero-order valence-electron chi connectivity index (χ0n) is 17.1. The Balaban J connectivity index is 1.64. The standard InChI is InChI=1S/C22H29N3O3S/c1-24-12-14-25(15-13-24)21-16-18(10-11-22(21)28-2)29(26,27)23-20-9-5-7-17-6-3-4-8-19(17)20/h5,7,9-11,16,23H,3-4,6,8,12-15H2,1-2H3. The third-order valence-electron chi connectivity index (χ3n) is 5.94. The van der Waals surface area contributed by atoms with Crippen LogP contribution in [0.15, 0.2) is 41.3 Å². The minimum absolute atomic E-state index is 0.264. The van der Waals surface area contributed by atoms with Gasteiger partial charge in [-0.3, -0.25) is 4.72 Å². The molecule has 4 rings (SSSR count). The van der Waals surface area contributed by atoms with Crippen LogP contribution in [0, 0.1) is 0 Å². The summed E-state index contributed by atoms with van der Waals surface area (Å²) in [6, 6.07) is 11.0. The number of ether oxygens (including phenoxy) is 1. The lowest BCUT2D eigenvalue weighted by molar-refractivity contribution is 0.311. The first-order valence-corrected chi connectivity index (χ1v) is 11.7. The van der Waals surface area contributed by atoms with Gasteiger partial charge < -0.3 is 14.5 Å². The van der Waals surface area contributed by atoms with Crippen LogP contribution >= 0.6 is 0 Å². The summed E-state index contributed by atoms with van der Waals surface area (Å²) in [7, 11) is 0.0334. The molecular weight excluding hydrogens is 386 g/mol. The van der Waals surface area contributed by atoms with Crippen molar-refractivity contribution < 1.29 is 13.2 Å². The van der Waals surface area contributed by atoms with Crippen molar-refractivity contribution in [2.24, 2.45) is 0 Å². The van der Waals surface area contributed by atoms with E-state index in [2.05, 4.69) is 27.6 Å². The molecule has 0 spiro atoms. The van der Waals surface area contributed by atoms with Crippen LogP contribution in [0.4, 0.5) is 11.4 Å². The van der Waals surface area contributed by atoms with Crippen LogP contribution in [-0.4, -0.2) is 53.7 Å². The van der Waals surface area contributed by atoms with Gasteiger partial charge in [0.25, 0.3) is 10.0 Å². The van der Waals surface area contributed by atoms with Crippen molar-refractivity contribution in [2.75, 3.05) is 50.0 Å². The normalized spacial score (nSPS) is 17.7. The molecule has 2 aliphatic rings. The molecule has 1 heterocycles. The van der Waals surface area contributed by atoms with E-state index in [1.807, 2.05) is 12.1 Å². The summed E-state index contributed by atoms with van der Waals surface area (Å²) >= 11 is 0. The van der Waals surface area contributed by atoms with Crippen LogP contribution in [0.2, 0.25) is 0 Å². The summed E-state index contributed by atoms with van der Waals surface area (Å²) in [5.74, 6) is 0.700. The van der Waals surface area contributed by atoms with Crippen molar-refractivity contribution in [1.29, 1.82) is 0 Å². The first-order valence-electron chi connectivity index (χ1n) is 10.2. The number of benzene rings is 2. The van der Waals surface area contributed by atoms with E-state index < -0.39 is 10.0 Å². The molecule has 156 valence electrons. The van der Waals surface area contributed by atoms with E-state index in [0.717, 1.165) is 63.1 Å². The Kier molecular flexibility index (Phi) is 5.69. The van der Waals surface area contributed by atoms with Gasteiger partial charge in [0.05, 0.1) is 23.4 Å². The highest BCUT2D eigenvalue weighted by atomic mass is 32.2. The van der Waals surface area contributed by atoms with E-state index in [0.29, 0.717) is 11.4 Å². The van der Waals surface area contributed by atoms with Gasteiger partial charge in [0.2, 0.25) is 0 Å². The number of rotatable bonds is 5. The fourth-order valence-electron chi connectivity index (χ4n) is 4.21. The summed E-state index contributed by atoms with van der Waals surface area (Å²) < 4.78 is 34.7. The highest BCUT2D eigenvalue weighted by Crippen LogP contribution is 2.34. The van der Waals surface area contributed by atoms with Gasteiger partial charge in [-0.2, -0.15) is 0 Å². The number of hydrogen-bond acceptors (Lipinski definition) is 5. The number of fused-ring (bicyclic) bond motifs is 1. The molecular formula is C22H29N3O3S. The van der Waals surface area contributed by atoms with Crippen LogP contribution in [0.3, 0.4) is 0 Å². The fraction of sp³-hybridized carbons (Fsp3) is 0.455. The molecule has 29 heavy (non-hydrogen) atoms. The summed E-state index contributed by atoms with van der Waals surface area (Å²) in [4.78, 5) is 4.73. The number of anilines is 2. The summed E-state index contributed by atoms with van der Waals surface area (Å²) in [5.41, 5.74) is 3.93. The molecule has 1 aliphatic heterocycles. The first kappa shape index (κ1) is 20.0. The van der Waals surface area contributed by atoms with E-state index in [4.69, 9.17) is 4.74 Å². The van der Waals surface area contributed by atoms with Crippen molar-refractivity contribution >= 4 is 21.4 Å². The van der Waals surface area contributed by atoms with Crippen molar-refractivity contribution in [3.05, 3.63) is 47.5 Å². The van der Waals surface area contributed by atoms with Gasteiger partial charge in [0.1, 0.15) is 5.75 Å². The zero-order chi connectivity index (χ0) is 20.4. The van der Waals surface area contributed by atoms with E-state index in [1.54, 1.807) is 25.3 Å². The smallest absolute Gasteiger partial charge is 0.261 e. The number of sulfonamides is 1. The second kappa shape index (κ2) is 8.24. The molecule has 0 bridgehead atoms. The van der Waals surface area contributed by atoms with Gasteiger partial charge >= 0.3 is 0 Å². The van der Waals surface area contributed by atoms with Crippen LogP contribution < -0.4 is 14.4 Å². The molecule has 2 aromatic carbocycles. The van der Waals surface area contributed by atoms with Gasteiger partial charge in [0.15, 0.2) is 0 Å². The molecule has 0 amide bonds. The van der Waals surface area contributed by atoms with Crippen molar-refractivity contribution in [3.8, 4) is 5.75 Å². The maximum atomic E-state index is 13.2. The molecule has 0 aromatic heterocycles. The highest BCUT2D eigenvalue weighted by Gasteiger charge is 2.23. The fourth-order valence-corrected chi connectivity index (χ4v) is 5.32. The molecule has 1 saturated heterocycles. The largest absolute Gasteiger partial charge is 0.495 e. The number of nitrogens with one attached hydrogen (secondary N) is 1. The zero-order valence-corrected chi connectivity index (χ0v) is 18.0. The summed E-state index contributed by atoms with van der Waals surface area (Å²) in [6.45, 7) is 3.56. The second-order valence-corrected chi connectivity index (χ2v) is 9.56. The Morgan fingerprint density at radius 3 is 2.52 bits per heavy atom. The Labute approximate surface area is 173 Å². The molecule has 0 radical (unpaired) electrons. The van der Waals surface area contributed by atoms with Crippen molar-refractivity contribution in [1.82, 2.24) is 4.90 Å². The average molecular weight is 416 g/mol. The van der Waals surface area contributed by atoms with Gasteiger partial charge in [-0.15, -0.1) is 0 Å². The molecule has 1 aliphatic carbocycles. The van der Waals surface area contributed by atoms with Crippen LogP contribution in [0.25, 0.3) is 0 Å². The van der Waals surface area contributed by atoms with Gasteiger partial charge in [0, 0.05) is 26.2 Å². The van der Waals surface area contributed by atoms with E-state index in [1.165, 1.54) is 5.56 Å². The molecule has 6 nitrogen and oxygen atoms in total. The number of aryl methyl sites for hydroxylation is 1. The van der Waals surface area contributed by atoms with Crippen LogP contribution in [0.1, 0.15) is 24.0 Å². The lowest BCUT2D eigenvalue weighted by Crippen LogP contribution is -2.44. The summed E-state index contributed by atoms with van der Waals surface area (Å²) in [6.07, 6.45) is 4.20. The SMILES string of the molecule is COc1ccc(S(=O)(=O)Nc2cccc3c2CCCC3)cc1N1CCN(C)CC1. The molecule has 1 fully saturated rings. The maximum absolute atomic E-state index is 13.2. The molecule has 2 aromatic rings. The minimum Gasteiger partial charge on any atom is -0.495 e. The predicted molar refractivity (Wildman–Crippen MR) is 117 cm³/mol. The number of piperazine rings is 1. The van der Waals surface area contributed by atoms with Gasteiger partial charge in [-0.05, 0) is 68.1 Å². The minimum atomic E-state index is -3.69. The molecule has 0 unspecified atom stereocenters. The molecule has 1 N–H and O–H groups in total. The Morgan fingerprint density at radius 1 is 1.00 bits per heavy atom. The molecule has 0 saturated carbocycles. The number of nitrogens with zero attached hydrogens (tertiary/aromatic N) is 2. The van der Waals surface area contributed by atoms with E-state index in [9.17, 15) is 8.42 Å². The third-order valence-corrected chi connectivity index (χ3v) is 7.31. The predicted octanol–water partition coefficient (Wildman–Crippen LogP) is 3.13. The topological polar surface area (TPSA) is 61.9 Å². The summed E-state index contributed by atoms with van der Waals surface area (Å²) in [5, 5.41) is 0. The van der Waals surface area contributed by atoms with E-state index >= 15 is 0 Å². The Bertz CT molecular complexity index is 983. The molecule has 7 heteroatoms. The quantitative estimate of drug-likeness (QED) is 0.813. The van der Waals surface area contributed by atoms with E-state index in [-0.39, 0.29) is 4.90 Å². The van der Waals surface area contributed by atoms with Crippen LogP contribution in [-0.2, 0) is 22.9 Å². The number of hydrogen-bond donors (Lipinski definition) is 1. The monoisotopic (exact) mass is 415 g/mol. The molecule has 0 atom stereocenters. The third kappa shape index (κ3) is 4.21. The Morgan fingerprint density at radius 2 is 1.76 bits per heavy atom. The van der Waals surface area contributed by atoms with Gasteiger partial charge in [-0.1, -0.05) is 12.1 Å². The number of methoxy groups -OCH3 is 1. The second-order valence-electron chi connectivity index (χ2n) is 7.88. The maximum Gasteiger partial charge on any atom is 0.261 e. The van der Waals surface area contributed by atoms with Crippen LogP contribution in [0.5, 0.6) is 5.75 Å². The average Bonchev–Trinajstić information content (AvgIpc) is 2.74. The van der Waals surface area contributed by atoms with Crippen molar-refractivity contribution in [2.45, 2.75) is 30.6 Å². The lowest BCUT2D eigenvalue weighted by Gasteiger charge is -2.34. The first-order chi connectivity index (χ1) is 14.0. The lowest BCUT2D eigenvalue weighted by atomic mass is 9.91. The Hall–Kier alpha value is -2.25. The highest BCUT2D eigenvalue weighted by molar-refractivity contribution is 7.92. The van der Waals surface area contributed by atoms with Crippen molar-refractivity contribution in [3.63, 3.8) is 0 Å². The van der Waals surface area contributed by atoms with Gasteiger partial charge in [-0.25, -0.2) is 8.42 Å². The number of likely N-dealkylation sites (N-methyl/N-ethyl adjacent to an activating group) is 1.